The van der Waals surface area contributed by atoms with Gasteiger partial charge in [-0.1, -0.05) is 44.9 Å². The average molecular weight is 1220 g/mol. The summed E-state index contributed by atoms with van der Waals surface area (Å²) >= 11 is 0. The molecule has 26 nitrogen and oxygen atoms in total. The molecule has 31 atom stereocenters. The number of aliphatic hydroxyl groups is 12. The van der Waals surface area contributed by atoms with Gasteiger partial charge in [0, 0.05) is 13.5 Å². The molecule has 0 radical (unpaired) electrons. The predicted molar refractivity (Wildman–Crippen MR) is 287 cm³/mol. The highest BCUT2D eigenvalue weighted by Crippen LogP contribution is 2.75. The number of fused-ring (bicyclic) bond motifs is 4. The fraction of sp³-hybridized carbons (Fsp3) is 0.898. The van der Waals surface area contributed by atoms with E-state index in [0.717, 1.165) is 24.8 Å². The molecule has 484 valence electrons. The monoisotopic (exact) mass is 1220 g/mol. The Kier molecular flexibility index (Phi) is 19.1. The fourth-order valence-corrected chi connectivity index (χ4v) is 17.0. The molecule has 10 aliphatic rings. The summed E-state index contributed by atoms with van der Waals surface area (Å²) in [4.78, 5) is 28.9. The zero-order valence-corrected chi connectivity index (χ0v) is 49.6. The molecule has 12 N–H and O–H groups in total. The minimum absolute atomic E-state index is 0.000864. The van der Waals surface area contributed by atoms with Crippen molar-refractivity contribution in [2.45, 2.75) is 259 Å². The van der Waals surface area contributed by atoms with E-state index in [9.17, 15) is 70.9 Å². The third kappa shape index (κ3) is 11.1. The Balaban J connectivity index is 0.858. The molecule has 0 aromatic rings. The van der Waals surface area contributed by atoms with Gasteiger partial charge in [0.05, 0.1) is 50.0 Å². The van der Waals surface area contributed by atoms with Crippen LogP contribution >= 0.6 is 0 Å². The van der Waals surface area contributed by atoms with Gasteiger partial charge in [0.25, 0.3) is 0 Å². The van der Waals surface area contributed by atoms with E-state index in [2.05, 4.69) is 40.3 Å². The van der Waals surface area contributed by atoms with Crippen LogP contribution in [-0.2, 0) is 66.4 Å². The van der Waals surface area contributed by atoms with Crippen LogP contribution in [0.4, 0.5) is 0 Å². The normalized spacial score (nSPS) is 52.3. The maximum Gasteiger partial charge on any atom is 0.314 e. The van der Waals surface area contributed by atoms with Gasteiger partial charge in [-0.3, -0.25) is 9.59 Å². The van der Waals surface area contributed by atoms with Crippen LogP contribution in [0.1, 0.15) is 106 Å². The molecule has 1 spiro atoms. The molecule has 6 aliphatic heterocycles. The number of aliphatic hydroxyl groups excluding tert-OH is 12. The number of esters is 1. The Labute approximate surface area is 494 Å². The van der Waals surface area contributed by atoms with Crippen molar-refractivity contribution in [2.75, 3.05) is 33.5 Å². The molecular weight excluding hydrogens is 1120 g/mol. The van der Waals surface area contributed by atoms with E-state index in [-0.39, 0.29) is 35.4 Å². The van der Waals surface area contributed by atoms with Gasteiger partial charge in [-0.15, -0.1) is 6.58 Å². The lowest BCUT2D eigenvalue weighted by Gasteiger charge is -2.63. The third-order valence-electron chi connectivity index (χ3n) is 21.6. The number of ketones is 1. The molecule has 0 aromatic heterocycles. The van der Waals surface area contributed by atoms with Crippen LogP contribution < -0.4 is 0 Å². The lowest BCUT2D eigenvalue weighted by Crippen LogP contribution is -2.66. The largest absolute Gasteiger partial charge is 0.458 e. The zero-order chi connectivity index (χ0) is 61.8. The topological polar surface area (TPSA) is 388 Å². The summed E-state index contributed by atoms with van der Waals surface area (Å²) in [5, 5.41) is 131. The molecular formula is C59H92O26. The summed E-state index contributed by atoms with van der Waals surface area (Å²) in [6.45, 7) is 15.7. The van der Waals surface area contributed by atoms with Crippen molar-refractivity contribution in [1.82, 2.24) is 0 Å². The second-order valence-electron chi connectivity index (χ2n) is 27.1. The number of hydrogen-bond donors (Lipinski definition) is 12. The average Bonchev–Trinajstić information content (AvgIpc) is 1.54. The van der Waals surface area contributed by atoms with E-state index in [1.165, 1.54) is 19.6 Å². The molecule has 9 fully saturated rings. The summed E-state index contributed by atoms with van der Waals surface area (Å²) in [6.07, 6.45) is -29.8. The van der Waals surface area contributed by atoms with Crippen LogP contribution in [0.25, 0.3) is 0 Å². The smallest absolute Gasteiger partial charge is 0.314 e. The third-order valence-corrected chi connectivity index (χ3v) is 21.6. The SMILES string of the molecule is C=C(C)CCC[C@]1(C)OC(=O)[C@]23CC=C4[C@@H](CC[C@H]5C(C)(C)[C@@H](O[C@@H]6OC[C@@H](O[C@@H]7O[C@H](CO)[C@@H](O)[C@H](O)[C@H]7O)[C@H](O)[C@H]6O[C@@H]6O[C@H](C)[C@@H](O[C@@H]7OC[C@@H](O)[C@H](O[C@@H]8O[C@H](CO)[C@@H](O)[C@H](OC)[C@H]8O)[C@H]7O)[C@H](O)[C@H]6O)CC[C@]45C)[C@]2(C)CC(=O)[C@@H]31. The minimum atomic E-state index is -1.96. The molecule has 26 heteroatoms. The van der Waals surface area contributed by atoms with Gasteiger partial charge in [-0.25, -0.2) is 0 Å². The molecule has 0 unspecified atom stereocenters. The number of hydrogen-bond acceptors (Lipinski definition) is 26. The Morgan fingerprint density at radius 1 is 0.659 bits per heavy atom. The number of cyclic esters (lactones) is 1. The summed E-state index contributed by atoms with van der Waals surface area (Å²) in [5.74, 6) is -0.827. The summed E-state index contributed by atoms with van der Waals surface area (Å²) < 4.78 is 72.1. The van der Waals surface area contributed by atoms with Crippen molar-refractivity contribution in [3.63, 3.8) is 0 Å². The molecule has 85 heavy (non-hydrogen) atoms. The second kappa shape index (κ2) is 24.7. The highest BCUT2D eigenvalue weighted by molar-refractivity contribution is 5.99. The molecule has 0 amide bonds. The van der Waals surface area contributed by atoms with Crippen molar-refractivity contribution in [3.05, 3.63) is 23.8 Å². The number of carbonyl (C=O) groups excluding carboxylic acids is 2. The van der Waals surface area contributed by atoms with Crippen molar-refractivity contribution in [1.29, 1.82) is 0 Å². The number of Topliss-reactive ketones (excluding diaryl/α,β-unsaturated/α-hetero) is 1. The van der Waals surface area contributed by atoms with Gasteiger partial charge in [0.15, 0.2) is 31.5 Å². The van der Waals surface area contributed by atoms with Gasteiger partial charge in [-0.05, 0) is 100 Å². The zero-order valence-electron chi connectivity index (χ0n) is 49.6. The first-order valence-corrected chi connectivity index (χ1v) is 30.2. The van der Waals surface area contributed by atoms with E-state index in [1.54, 1.807) is 0 Å². The first-order valence-electron chi connectivity index (χ1n) is 30.2. The molecule has 10 rings (SSSR count). The van der Waals surface area contributed by atoms with Gasteiger partial charge >= 0.3 is 5.97 Å². The molecule has 6 saturated heterocycles. The molecule has 0 bridgehead atoms. The fourth-order valence-electron chi connectivity index (χ4n) is 17.0. The quantitative estimate of drug-likeness (QED) is 0.0437. The summed E-state index contributed by atoms with van der Waals surface area (Å²) in [6, 6.07) is 0. The Hall–Kier alpha value is -2.30. The Bertz CT molecular complexity index is 2430. The van der Waals surface area contributed by atoms with Crippen molar-refractivity contribution < 1.29 is 128 Å². The number of methoxy groups -OCH3 is 1. The van der Waals surface area contributed by atoms with Crippen LogP contribution in [0.2, 0.25) is 0 Å². The Morgan fingerprint density at radius 3 is 1.94 bits per heavy atom. The standard InChI is InChI=1S/C59H92O26/c1-24(2)11-10-16-58(8)48-28(62)19-57(7)27-12-13-33-55(4,5)34(15-17-56(33,6)26(27)14-18-59(48,57)54(73)85-58)81-53-47(37(66)32(23-76-53)80-51-40(69)38(67)35(64)30(20-60)78-51)84-50-41(70)39(68)44(25(3)77-50)82-49-42(71)45(29(63)22-75-49)83-52-43(72)46(74-9)36(65)31(21-61)79-52/h14,25,27,29-53,60-61,63-72H,1,10-13,15-23H2,2-9H3/t25-,27-,29-,30-,31-,32-,33+,34+,35-,36-,37+,38+,39-,40-,41-,42-,43-,44-,45+,46+,47-,48-,49+,50+,51+,52+,53+,56-,57+,58+,59-/m1/s1. The maximum atomic E-state index is 14.5. The van der Waals surface area contributed by atoms with E-state index < -0.39 is 202 Å². The maximum absolute atomic E-state index is 14.5. The minimum Gasteiger partial charge on any atom is -0.458 e. The highest BCUT2D eigenvalue weighted by Gasteiger charge is 2.79. The van der Waals surface area contributed by atoms with Crippen LogP contribution in [0.5, 0.6) is 0 Å². The number of carbonyl (C=O) groups is 2. The van der Waals surface area contributed by atoms with Crippen molar-refractivity contribution in [2.24, 2.45) is 39.4 Å². The summed E-state index contributed by atoms with van der Waals surface area (Å²) in [7, 11) is 1.21. The first kappa shape index (κ1) is 65.6. The summed E-state index contributed by atoms with van der Waals surface area (Å²) in [5.41, 5.74) is -1.29. The van der Waals surface area contributed by atoms with E-state index >= 15 is 0 Å². The van der Waals surface area contributed by atoms with Crippen LogP contribution in [0, 0.1) is 39.4 Å². The van der Waals surface area contributed by atoms with Gasteiger partial charge < -0.3 is 118 Å². The predicted octanol–water partition coefficient (Wildman–Crippen LogP) is -1.75. The second-order valence-corrected chi connectivity index (χ2v) is 27.1. The van der Waals surface area contributed by atoms with E-state index in [1.807, 2.05) is 13.8 Å². The number of allylic oxidation sites excluding steroid dienone is 3. The van der Waals surface area contributed by atoms with E-state index in [0.29, 0.717) is 32.1 Å². The molecule has 4 aliphatic carbocycles. The van der Waals surface area contributed by atoms with Gasteiger partial charge in [-0.2, -0.15) is 0 Å². The van der Waals surface area contributed by atoms with Crippen LogP contribution in [0.15, 0.2) is 23.8 Å². The van der Waals surface area contributed by atoms with Crippen LogP contribution in [0.3, 0.4) is 0 Å². The van der Waals surface area contributed by atoms with Crippen molar-refractivity contribution >= 4 is 11.8 Å². The van der Waals surface area contributed by atoms with E-state index in [4.69, 9.17) is 56.8 Å². The van der Waals surface area contributed by atoms with Crippen molar-refractivity contribution in [3.8, 4) is 0 Å². The Morgan fingerprint density at radius 2 is 1.27 bits per heavy atom. The molecule has 6 heterocycles. The lowest BCUT2D eigenvalue weighted by atomic mass is 9.41. The molecule has 3 saturated carbocycles. The van der Waals surface area contributed by atoms with Gasteiger partial charge in [0.2, 0.25) is 0 Å². The first-order chi connectivity index (χ1) is 40.0. The highest BCUT2D eigenvalue weighted by atomic mass is 16.8. The number of rotatable bonds is 17. The number of ether oxygens (including phenoxy) is 12. The lowest BCUT2D eigenvalue weighted by molar-refractivity contribution is -0.390. The molecule has 0 aromatic carbocycles. The van der Waals surface area contributed by atoms with Gasteiger partial charge in [0.1, 0.15) is 115 Å². The van der Waals surface area contributed by atoms with Crippen LogP contribution in [-0.4, -0.2) is 260 Å².